The van der Waals surface area contributed by atoms with Gasteiger partial charge in [0, 0.05) is 16.8 Å². The maximum Gasteiger partial charge on any atom is 0.276 e. The zero-order valence-corrected chi connectivity index (χ0v) is 13.4. The van der Waals surface area contributed by atoms with E-state index in [4.69, 9.17) is 11.6 Å². The number of amides is 1. The lowest BCUT2D eigenvalue weighted by Crippen LogP contribution is -2.13. The first kappa shape index (κ1) is 17.2. The van der Waals surface area contributed by atoms with Crippen molar-refractivity contribution < 1.29 is 9.72 Å². The van der Waals surface area contributed by atoms with Gasteiger partial charge in [-0.25, -0.2) is 0 Å². The third-order valence-electron chi connectivity index (χ3n) is 3.23. The number of nitro groups is 1. The zero-order chi connectivity index (χ0) is 17.7. The van der Waals surface area contributed by atoms with Crippen LogP contribution in [0, 0.1) is 28.4 Å². The molecule has 0 atom stereocenters. The van der Waals surface area contributed by atoms with Gasteiger partial charge in [-0.1, -0.05) is 29.8 Å². The molecule has 0 bridgehead atoms. The first-order valence-electron chi connectivity index (χ1n) is 6.85. The van der Waals surface area contributed by atoms with E-state index < -0.39 is 10.8 Å². The number of rotatable bonds is 4. The standard InChI is InChI=1S/C17H12ClN3O3/c1-11-6-7-14(9-15(11)18)20-17(22)13(10-19)8-12-4-2-3-5-16(12)21(23)24/h2-9H,1H3,(H,20,22)/b13-8-. The summed E-state index contributed by atoms with van der Waals surface area (Å²) >= 11 is 5.99. The fourth-order valence-corrected chi connectivity index (χ4v) is 2.13. The lowest BCUT2D eigenvalue weighted by Gasteiger charge is -2.06. The number of aryl methyl sites for hydroxylation is 1. The number of hydrogen-bond acceptors (Lipinski definition) is 4. The van der Waals surface area contributed by atoms with Gasteiger partial charge in [0.1, 0.15) is 11.6 Å². The molecular weight excluding hydrogens is 330 g/mol. The summed E-state index contributed by atoms with van der Waals surface area (Å²) in [6, 6.07) is 12.6. The molecule has 0 aromatic heterocycles. The van der Waals surface area contributed by atoms with Crippen LogP contribution >= 0.6 is 11.6 Å². The van der Waals surface area contributed by atoms with E-state index in [1.807, 2.05) is 6.92 Å². The highest BCUT2D eigenvalue weighted by Crippen LogP contribution is 2.22. The smallest absolute Gasteiger partial charge is 0.276 e. The second kappa shape index (κ2) is 7.40. The molecule has 0 saturated carbocycles. The first-order chi connectivity index (χ1) is 11.4. The lowest BCUT2D eigenvalue weighted by atomic mass is 10.1. The molecule has 0 fully saturated rings. The van der Waals surface area contributed by atoms with Gasteiger partial charge < -0.3 is 5.32 Å². The van der Waals surface area contributed by atoms with Crippen LogP contribution in [0.3, 0.4) is 0 Å². The van der Waals surface area contributed by atoms with E-state index in [1.165, 1.54) is 24.3 Å². The molecule has 0 saturated heterocycles. The minimum absolute atomic E-state index is 0.177. The number of carbonyl (C=O) groups excluding carboxylic acids is 1. The van der Waals surface area contributed by atoms with Crippen LogP contribution < -0.4 is 5.32 Å². The first-order valence-corrected chi connectivity index (χ1v) is 7.23. The fraction of sp³-hybridized carbons (Fsp3) is 0.0588. The molecule has 0 aliphatic carbocycles. The second-order valence-electron chi connectivity index (χ2n) is 4.90. The number of nitrogens with one attached hydrogen (secondary N) is 1. The van der Waals surface area contributed by atoms with Crippen molar-refractivity contribution in [1.82, 2.24) is 0 Å². The Morgan fingerprint density at radius 1 is 1.33 bits per heavy atom. The van der Waals surface area contributed by atoms with E-state index in [0.29, 0.717) is 10.7 Å². The third kappa shape index (κ3) is 3.97. The topological polar surface area (TPSA) is 96.0 Å². The van der Waals surface area contributed by atoms with Gasteiger partial charge in [0.2, 0.25) is 0 Å². The Hall–Kier alpha value is -3.17. The van der Waals surface area contributed by atoms with Crippen molar-refractivity contribution in [3.63, 3.8) is 0 Å². The van der Waals surface area contributed by atoms with Crippen LogP contribution in [-0.4, -0.2) is 10.8 Å². The number of halogens is 1. The number of nitriles is 1. The van der Waals surface area contributed by atoms with Crippen molar-refractivity contribution in [2.75, 3.05) is 5.32 Å². The van der Waals surface area contributed by atoms with Crippen molar-refractivity contribution in [2.45, 2.75) is 6.92 Å². The average Bonchev–Trinajstić information content (AvgIpc) is 2.56. The van der Waals surface area contributed by atoms with Crippen LogP contribution in [0.15, 0.2) is 48.0 Å². The summed E-state index contributed by atoms with van der Waals surface area (Å²) in [5, 5.41) is 23.2. The minimum atomic E-state index is -0.671. The summed E-state index contributed by atoms with van der Waals surface area (Å²) in [7, 11) is 0. The van der Waals surface area contributed by atoms with Crippen molar-refractivity contribution in [3.8, 4) is 6.07 Å². The van der Waals surface area contributed by atoms with Gasteiger partial charge >= 0.3 is 0 Å². The Kier molecular flexibility index (Phi) is 5.30. The number of hydrogen-bond donors (Lipinski definition) is 1. The predicted octanol–water partition coefficient (Wildman–Crippen LogP) is 4.10. The summed E-state index contributed by atoms with van der Waals surface area (Å²) in [6.07, 6.45) is 1.18. The molecule has 24 heavy (non-hydrogen) atoms. The van der Waals surface area contributed by atoms with E-state index in [-0.39, 0.29) is 16.8 Å². The largest absolute Gasteiger partial charge is 0.321 e. The van der Waals surface area contributed by atoms with Crippen molar-refractivity contribution in [1.29, 1.82) is 5.26 Å². The van der Waals surface area contributed by atoms with Crippen LogP contribution in [0.25, 0.3) is 6.08 Å². The normalized spacial score (nSPS) is 10.8. The molecule has 120 valence electrons. The molecule has 0 radical (unpaired) electrons. The van der Waals surface area contributed by atoms with Crippen LogP contribution in [0.2, 0.25) is 5.02 Å². The molecular formula is C17H12ClN3O3. The summed E-state index contributed by atoms with van der Waals surface area (Å²) in [4.78, 5) is 22.6. The van der Waals surface area contributed by atoms with E-state index in [1.54, 1.807) is 30.3 Å². The maximum absolute atomic E-state index is 12.2. The van der Waals surface area contributed by atoms with E-state index >= 15 is 0 Å². The maximum atomic E-state index is 12.2. The minimum Gasteiger partial charge on any atom is -0.321 e. The number of para-hydroxylation sites is 1. The van der Waals surface area contributed by atoms with E-state index in [9.17, 15) is 20.2 Å². The van der Waals surface area contributed by atoms with Gasteiger partial charge in [-0.3, -0.25) is 14.9 Å². The molecule has 0 heterocycles. The number of anilines is 1. The molecule has 6 nitrogen and oxygen atoms in total. The Labute approximate surface area is 143 Å². The van der Waals surface area contributed by atoms with Crippen molar-refractivity contribution in [3.05, 3.63) is 74.3 Å². The summed E-state index contributed by atoms with van der Waals surface area (Å²) < 4.78 is 0. The SMILES string of the molecule is Cc1ccc(NC(=O)/C(C#N)=C\c2ccccc2[N+](=O)[O-])cc1Cl. The highest BCUT2D eigenvalue weighted by Gasteiger charge is 2.15. The van der Waals surface area contributed by atoms with Gasteiger partial charge in [0.25, 0.3) is 11.6 Å². The Bertz CT molecular complexity index is 885. The number of nitro benzene ring substituents is 1. The molecule has 2 aromatic rings. The van der Waals surface area contributed by atoms with Crippen LogP contribution in [-0.2, 0) is 4.79 Å². The van der Waals surface area contributed by atoms with Crippen molar-refractivity contribution in [2.24, 2.45) is 0 Å². The Balaban J connectivity index is 2.31. The monoisotopic (exact) mass is 341 g/mol. The quantitative estimate of drug-likeness (QED) is 0.392. The molecule has 0 spiro atoms. The number of nitrogens with zero attached hydrogens (tertiary/aromatic N) is 2. The van der Waals surface area contributed by atoms with E-state index in [2.05, 4.69) is 5.32 Å². The van der Waals surface area contributed by atoms with Gasteiger partial charge in [-0.05, 0) is 36.8 Å². The fourth-order valence-electron chi connectivity index (χ4n) is 1.95. The molecule has 0 aliphatic heterocycles. The van der Waals surface area contributed by atoms with Crippen molar-refractivity contribution >= 4 is 35.0 Å². The van der Waals surface area contributed by atoms with Gasteiger partial charge in [-0.2, -0.15) is 5.26 Å². The number of carbonyl (C=O) groups is 1. The van der Waals surface area contributed by atoms with Crippen LogP contribution in [0.4, 0.5) is 11.4 Å². The van der Waals surface area contributed by atoms with Crippen LogP contribution in [0.5, 0.6) is 0 Å². The summed E-state index contributed by atoms with van der Waals surface area (Å²) in [6.45, 7) is 1.82. The van der Waals surface area contributed by atoms with Gasteiger partial charge in [0.05, 0.1) is 10.5 Å². The van der Waals surface area contributed by atoms with Crippen LogP contribution in [0.1, 0.15) is 11.1 Å². The second-order valence-corrected chi connectivity index (χ2v) is 5.31. The van der Waals surface area contributed by atoms with Gasteiger partial charge in [-0.15, -0.1) is 0 Å². The average molecular weight is 342 g/mol. The molecule has 7 heteroatoms. The molecule has 1 amide bonds. The molecule has 2 rings (SSSR count). The number of benzene rings is 2. The lowest BCUT2D eigenvalue weighted by molar-refractivity contribution is -0.385. The Morgan fingerprint density at radius 2 is 2.04 bits per heavy atom. The zero-order valence-electron chi connectivity index (χ0n) is 12.6. The molecule has 2 aromatic carbocycles. The molecule has 1 N–H and O–H groups in total. The van der Waals surface area contributed by atoms with E-state index in [0.717, 1.165) is 5.56 Å². The molecule has 0 aliphatic rings. The summed E-state index contributed by atoms with van der Waals surface area (Å²) in [5.74, 6) is -0.671. The summed E-state index contributed by atoms with van der Waals surface area (Å²) in [5.41, 5.74) is 1.03. The highest BCUT2D eigenvalue weighted by molar-refractivity contribution is 6.31. The molecule has 0 unspecified atom stereocenters. The predicted molar refractivity (Wildman–Crippen MR) is 91.5 cm³/mol. The Morgan fingerprint density at radius 3 is 2.67 bits per heavy atom. The third-order valence-corrected chi connectivity index (χ3v) is 3.64. The highest BCUT2D eigenvalue weighted by atomic mass is 35.5. The van der Waals surface area contributed by atoms with Gasteiger partial charge in [0.15, 0.2) is 0 Å².